The molecule has 1 aliphatic rings. The van der Waals surface area contributed by atoms with Gasteiger partial charge in [0.1, 0.15) is 6.04 Å². The smallest absolute Gasteiger partial charge is 0.318 e. The molecular formula is C19H22N4O2. The van der Waals surface area contributed by atoms with Crippen LogP contribution in [0.1, 0.15) is 31.4 Å². The van der Waals surface area contributed by atoms with E-state index in [2.05, 4.69) is 15.6 Å². The SMILES string of the molecule is C[C@@H](NC(=O)N1CCC[C@H]1C(=O)Nc1cccnc1)c1ccccc1. The Bertz CT molecular complexity index is 721. The zero-order chi connectivity index (χ0) is 17.6. The van der Waals surface area contributed by atoms with Crippen LogP contribution < -0.4 is 10.6 Å². The molecule has 0 aliphatic carbocycles. The Labute approximate surface area is 147 Å². The molecule has 6 nitrogen and oxygen atoms in total. The van der Waals surface area contributed by atoms with E-state index in [1.807, 2.05) is 37.3 Å². The van der Waals surface area contributed by atoms with Crippen LogP contribution >= 0.6 is 0 Å². The van der Waals surface area contributed by atoms with E-state index < -0.39 is 6.04 Å². The summed E-state index contributed by atoms with van der Waals surface area (Å²) in [5, 5.41) is 5.81. The second kappa shape index (κ2) is 7.79. The molecule has 1 saturated heterocycles. The lowest BCUT2D eigenvalue weighted by molar-refractivity contribution is -0.119. The van der Waals surface area contributed by atoms with Crippen molar-refractivity contribution < 1.29 is 9.59 Å². The maximum absolute atomic E-state index is 12.6. The van der Waals surface area contributed by atoms with Crippen molar-refractivity contribution in [2.75, 3.05) is 11.9 Å². The summed E-state index contributed by atoms with van der Waals surface area (Å²) in [4.78, 5) is 30.7. The number of carbonyl (C=O) groups is 2. The fourth-order valence-electron chi connectivity index (χ4n) is 3.04. The summed E-state index contributed by atoms with van der Waals surface area (Å²) in [5.41, 5.74) is 1.67. The lowest BCUT2D eigenvalue weighted by Crippen LogP contribution is -2.48. The van der Waals surface area contributed by atoms with Crippen molar-refractivity contribution in [3.63, 3.8) is 0 Å². The number of aromatic nitrogens is 1. The predicted octanol–water partition coefficient (Wildman–Crippen LogP) is 2.96. The second-order valence-electron chi connectivity index (χ2n) is 6.16. The van der Waals surface area contributed by atoms with Gasteiger partial charge in [0.2, 0.25) is 5.91 Å². The first kappa shape index (κ1) is 17.0. The Morgan fingerprint density at radius 3 is 2.72 bits per heavy atom. The van der Waals surface area contributed by atoms with Crippen molar-refractivity contribution in [2.45, 2.75) is 31.8 Å². The van der Waals surface area contributed by atoms with Gasteiger partial charge in [0.15, 0.2) is 0 Å². The number of nitrogens with one attached hydrogen (secondary N) is 2. The van der Waals surface area contributed by atoms with Gasteiger partial charge in [0.05, 0.1) is 17.9 Å². The monoisotopic (exact) mass is 338 g/mol. The van der Waals surface area contributed by atoms with E-state index in [0.29, 0.717) is 18.7 Å². The van der Waals surface area contributed by atoms with Crippen molar-refractivity contribution in [2.24, 2.45) is 0 Å². The van der Waals surface area contributed by atoms with Crippen LogP contribution in [0.2, 0.25) is 0 Å². The van der Waals surface area contributed by atoms with E-state index in [1.165, 1.54) is 0 Å². The van der Waals surface area contributed by atoms with Crippen LogP contribution in [0, 0.1) is 0 Å². The van der Waals surface area contributed by atoms with Crippen LogP contribution in [0.25, 0.3) is 0 Å². The summed E-state index contributed by atoms with van der Waals surface area (Å²) in [6, 6.07) is 12.5. The summed E-state index contributed by atoms with van der Waals surface area (Å²) in [5.74, 6) is -0.173. The molecule has 0 spiro atoms. The first-order chi connectivity index (χ1) is 12.1. The number of carbonyl (C=O) groups excluding carboxylic acids is 2. The van der Waals surface area contributed by atoms with Crippen molar-refractivity contribution in [1.29, 1.82) is 0 Å². The quantitative estimate of drug-likeness (QED) is 0.900. The zero-order valence-electron chi connectivity index (χ0n) is 14.2. The average Bonchev–Trinajstić information content (AvgIpc) is 3.13. The topological polar surface area (TPSA) is 74.3 Å². The minimum atomic E-state index is -0.455. The molecule has 2 aromatic rings. The molecular weight excluding hydrogens is 316 g/mol. The summed E-state index contributed by atoms with van der Waals surface area (Å²) in [6.45, 7) is 2.52. The highest BCUT2D eigenvalue weighted by Crippen LogP contribution is 2.20. The third kappa shape index (κ3) is 4.15. The minimum absolute atomic E-state index is 0.115. The summed E-state index contributed by atoms with van der Waals surface area (Å²) >= 11 is 0. The molecule has 1 aromatic heterocycles. The fourth-order valence-corrected chi connectivity index (χ4v) is 3.04. The molecule has 130 valence electrons. The number of hydrogen-bond donors (Lipinski definition) is 2. The largest absolute Gasteiger partial charge is 0.331 e. The van der Waals surface area contributed by atoms with Crippen LogP contribution in [-0.2, 0) is 4.79 Å². The van der Waals surface area contributed by atoms with Crippen LogP contribution in [0.3, 0.4) is 0 Å². The van der Waals surface area contributed by atoms with Gasteiger partial charge in [-0.25, -0.2) is 4.79 Å². The standard InChI is InChI=1S/C19H22N4O2/c1-14(15-7-3-2-4-8-15)21-19(25)23-12-6-10-17(23)18(24)22-16-9-5-11-20-13-16/h2-5,7-9,11,13-14,17H,6,10,12H2,1H3,(H,21,25)(H,22,24)/t14-,17+/m1/s1. The van der Waals surface area contributed by atoms with Gasteiger partial charge in [-0.1, -0.05) is 30.3 Å². The normalized spacial score (nSPS) is 17.8. The first-order valence-electron chi connectivity index (χ1n) is 8.48. The van der Waals surface area contributed by atoms with Gasteiger partial charge >= 0.3 is 6.03 Å². The van der Waals surface area contributed by atoms with Gasteiger partial charge in [0, 0.05) is 12.7 Å². The molecule has 0 saturated carbocycles. The number of urea groups is 1. The van der Waals surface area contributed by atoms with Gasteiger partial charge in [-0.05, 0) is 37.5 Å². The second-order valence-corrected chi connectivity index (χ2v) is 6.16. The van der Waals surface area contributed by atoms with Gasteiger partial charge in [0.25, 0.3) is 0 Å². The molecule has 2 N–H and O–H groups in total. The fraction of sp³-hybridized carbons (Fsp3) is 0.316. The predicted molar refractivity (Wildman–Crippen MR) is 96.0 cm³/mol. The molecule has 3 rings (SSSR count). The van der Waals surface area contributed by atoms with Crippen molar-refractivity contribution in [3.8, 4) is 0 Å². The molecule has 2 atom stereocenters. The maximum atomic E-state index is 12.6. The Morgan fingerprint density at radius 2 is 2.00 bits per heavy atom. The Kier molecular flexibility index (Phi) is 5.28. The van der Waals surface area contributed by atoms with Crippen LogP contribution in [0.15, 0.2) is 54.9 Å². The van der Waals surface area contributed by atoms with E-state index in [1.54, 1.807) is 29.4 Å². The number of likely N-dealkylation sites (tertiary alicyclic amines) is 1. The Morgan fingerprint density at radius 1 is 1.20 bits per heavy atom. The molecule has 1 fully saturated rings. The highest BCUT2D eigenvalue weighted by atomic mass is 16.2. The maximum Gasteiger partial charge on any atom is 0.318 e. The summed E-state index contributed by atoms with van der Waals surface area (Å²) in [7, 11) is 0. The zero-order valence-corrected chi connectivity index (χ0v) is 14.2. The third-order valence-corrected chi connectivity index (χ3v) is 4.38. The molecule has 2 heterocycles. The molecule has 1 aliphatic heterocycles. The van der Waals surface area contributed by atoms with E-state index in [9.17, 15) is 9.59 Å². The molecule has 0 radical (unpaired) electrons. The molecule has 25 heavy (non-hydrogen) atoms. The van der Waals surface area contributed by atoms with Crippen LogP contribution in [-0.4, -0.2) is 34.4 Å². The molecule has 0 bridgehead atoms. The number of anilines is 1. The first-order valence-corrected chi connectivity index (χ1v) is 8.48. The molecule has 1 aromatic carbocycles. The lowest BCUT2D eigenvalue weighted by Gasteiger charge is -2.26. The van der Waals surface area contributed by atoms with Crippen molar-refractivity contribution in [3.05, 3.63) is 60.4 Å². The van der Waals surface area contributed by atoms with Crippen molar-refractivity contribution in [1.82, 2.24) is 15.2 Å². The molecule has 3 amide bonds. The van der Waals surface area contributed by atoms with Crippen LogP contribution in [0.4, 0.5) is 10.5 Å². The van der Waals surface area contributed by atoms with Gasteiger partial charge < -0.3 is 15.5 Å². The van der Waals surface area contributed by atoms with Gasteiger partial charge in [-0.2, -0.15) is 0 Å². The Balaban J connectivity index is 1.62. The van der Waals surface area contributed by atoms with E-state index in [-0.39, 0.29) is 18.0 Å². The van der Waals surface area contributed by atoms with Gasteiger partial charge in [-0.3, -0.25) is 9.78 Å². The number of nitrogens with zero attached hydrogens (tertiary/aromatic N) is 2. The van der Waals surface area contributed by atoms with E-state index in [4.69, 9.17) is 0 Å². The number of rotatable bonds is 4. The minimum Gasteiger partial charge on any atom is -0.331 e. The van der Waals surface area contributed by atoms with E-state index >= 15 is 0 Å². The average molecular weight is 338 g/mol. The number of hydrogen-bond acceptors (Lipinski definition) is 3. The van der Waals surface area contributed by atoms with E-state index in [0.717, 1.165) is 12.0 Å². The summed E-state index contributed by atoms with van der Waals surface area (Å²) < 4.78 is 0. The summed E-state index contributed by atoms with van der Waals surface area (Å²) in [6.07, 6.45) is 4.72. The number of pyridine rings is 1. The Hall–Kier alpha value is -2.89. The third-order valence-electron chi connectivity index (χ3n) is 4.38. The number of amides is 3. The highest BCUT2D eigenvalue weighted by Gasteiger charge is 2.34. The molecule has 6 heteroatoms. The van der Waals surface area contributed by atoms with Crippen molar-refractivity contribution >= 4 is 17.6 Å². The van der Waals surface area contributed by atoms with Crippen LogP contribution in [0.5, 0.6) is 0 Å². The molecule has 0 unspecified atom stereocenters. The highest BCUT2D eigenvalue weighted by molar-refractivity contribution is 5.97. The number of benzene rings is 1. The lowest BCUT2D eigenvalue weighted by atomic mass is 10.1. The van der Waals surface area contributed by atoms with Gasteiger partial charge in [-0.15, -0.1) is 0 Å².